The van der Waals surface area contributed by atoms with E-state index < -0.39 is 6.04 Å². The van der Waals surface area contributed by atoms with Gasteiger partial charge in [0.25, 0.3) is 0 Å². The van der Waals surface area contributed by atoms with E-state index in [1.54, 1.807) is 12.0 Å². The number of rotatable bonds is 9. The number of methoxy groups -OCH3 is 2. The lowest BCUT2D eigenvalue weighted by Crippen LogP contribution is -2.52. The molecule has 0 aliphatic heterocycles. The van der Waals surface area contributed by atoms with Gasteiger partial charge in [0.15, 0.2) is 0 Å². The highest BCUT2D eigenvalue weighted by Gasteiger charge is 2.32. The minimum atomic E-state index is -0.733. The summed E-state index contributed by atoms with van der Waals surface area (Å²) in [5, 5.41) is 2.91. The van der Waals surface area contributed by atoms with Gasteiger partial charge in [-0.05, 0) is 30.2 Å². The number of carbonyl (C=O) groups excluding carboxylic acids is 2. The molecule has 0 radical (unpaired) electrons. The van der Waals surface area contributed by atoms with Gasteiger partial charge in [-0.2, -0.15) is 0 Å². The molecule has 2 aromatic rings. The summed E-state index contributed by atoms with van der Waals surface area (Å²) in [7, 11) is 3.12. The van der Waals surface area contributed by atoms with Crippen molar-refractivity contribution in [3.05, 3.63) is 65.7 Å². The molecule has 1 unspecified atom stereocenters. The Bertz CT molecular complexity index is 762. The van der Waals surface area contributed by atoms with Crippen molar-refractivity contribution in [2.75, 3.05) is 20.8 Å². The summed E-state index contributed by atoms with van der Waals surface area (Å²) in [6.45, 7) is 3.87. The molecule has 1 N–H and O–H groups in total. The third-order valence-electron chi connectivity index (χ3n) is 4.65. The minimum Gasteiger partial charge on any atom is -0.497 e. The SMILES string of the molecule is COCC(C(=O)NCc1ccccc1)N(C(C)=O)[C@H](C)c1ccc(OC)cc1. The second-order valence-corrected chi connectivity index (χ2v) is 6.55. The van der Waals surface area contributed by atoms with E-state index in [0.29, 0.717) is 6.54 Å². The first kappa shape index (κ1) is 21.4. The standard InChI is InChI=1S/C22H28N2O4/c1-16(19-10-12-20(28-4)13-11-19)24(17(2)25)21(15-27-3)22(26)23-14-18-8-6-5-7-9-18/h5-13,16,21H,14-15H2,1-4H3,(H,23,26)/t16-,21?/m1/s1. The maximum absolute atomic E-state index is 12.9. The topological polar surface area (TPSA) is 67.9 Å². The molecule has 0 saturated heterocycles. The molecule has 0 fully saturated rings. The Balaban J connectivity index is 2.19. The monoisotopic (exact) mass is 384 g/mol. The third-order valence-corrected chi connectivity index (χ3v) is 4.65. The molecule has 0 aromatic heterocycles. The van der Waals surface area contributed by atoms with Crippen molar-refractivity contribution in [2.24, 2.45) is 0 Å². The zero-order valence-corrected chi connectivity index (χ0v) is 16.8. The summed E-state index contributed by atoms with van der Waals surface area (Å²) in [5.41, 5.74) is 1.90. The predicted octanol–water partition coefficient (Wildman–Crippen LogP) is 2.94. The average Bonchev–Trinajstić information content (AvgIpc) is 2.72. The number of hydrogen-bond acceptors (Lipinski definition) is 4. The van der Waals surface area contributed by atoms with Crippen LogP contribution in [0, 0.1) is 0 Å². The number of nitrogens with one attached hydrogen (secondary N) is 1. The van der Waals surface area contributed by atoms with Crippen LogP contribution in [0.15, 0.2) is 54.6 Å². The molecule has 0 spiro atoms. The Morgan fingerprint density at radius 2 is 1.68 bits per heavy atom. The lowest BCUT2D eigenvalue weighted by molar-refractivity contribution is -0.143. The first-order valence-corrected chi connectivity index (χ1v) is 9.21. The van der Waals surface area contributed by atoms with Crippen LogP contribution in [-0.2, 0) is 20.9 Å². The predicted molar refractivity (Wildman–Crippen MR) is 108 cm³/mol. The smallest absolute Gasteiger partial charge is 0.245 e. The normalized spacial score (nSPS) is 12.7. The number of nitrogens with zero attached hydrogens (tertiary/aromatic N) is 1. The summed E-state index contributed by atoms with van der Waals surface area (Å²) in [6.07, 6.45) is 0. The maximum atomic E-state index is 12.9. The molecule has 150 valence electrons. The first-order chi connectivity index (χ1) is 13.5. The van der Waals surface area contributed by atoms with Gasteiger partial charge >= 0.3 is 0 Å². The molecule has 0 aliphatic rings. The van der Waals surface area contributed by atoms with Crippen molar-refractivity contribution in [1.82, 2.24) is 10.2 Å². The van der Waals surface area contributed by atoms with Crippen LogP contribution >= 0.6 is 0 Å². The van der Waals surface area contributed by atoms with Crippen LogP contribution in [0.5, 0.6) is 5.75 Å². The van der Waals surface area contributed by atoms with Gasteiger partial charge in [-0.15, -0.1) is 0 Å². The molecule has 6 heteroatoms. The molecule has 0 saturated carbocycles. The van der Waals surface area contributed by atoms with E-state index in [1.165, 1.54) is 14.0 Å². The van der Waals surface area contributed by atoms with Gasteiger partial charge in [0.05, 0.1) is 19.8 Å². The third kappa shape index (κ3) is 5.57. The van der Waals surface area contributed by atoms with E-state index in [0.717, 1.165) is 16.9 Å². The molecule has 2 amide bonds. The molecule has 2 rings (SSSR count). The lowest BCUT2D eigenvalue weighted by atomic mass is 10.0. The van der Waals surface area contributed by atoms with Gasteiger partial charge in [0.1, 0.15) is 11.8 Å². The summed E-state index contributed by atoms with van der Waals surface area (Å²) in [6, 6.07) is 16.1. The van der Waals surface area contributed by atoms with Crippen LogP contribution in [0.3, 0.4) is 0 Å². The Labute approximate surface area is 166 Å². The van der Waals surface area contributed by atoms with E-state index in [-0.39, 0.29) is 24.5 Å². The summed E-state index contributed by atoms with van der Waals surface area (Å²) < 4.78 is 10.4. The van der Waals surface area contributed by atoms with E-state index >= 15 is 0 Å². The van der Waals surface area contributed by atoms with Gasteiger partial charge in [0, 0.05) is 20.6 Å². The zero-order chi connectivity index (χ0) is 20.5. The molecule has 2 aromatic carbocycles. The fourth-order valence-electron chi connectivity index (χ4n) is 3.15. The number of amides is 2. The molecule has 2 atom stereocenters. The highest BCUT2D eigenvalue weighted by Crippen LogP contribution is 2.25. The fraction of sp³-hybridized carbons (Fsp3) is 0.364. The second-order valence-electron chi connectivity index (χ2n) is 6.55. The Kier molecular flexibility index (Phi) is 8.02. The number of ether oxygens (including phenoxy) is 2. The van der Waals surface area contributed by atoms with Crippen LogP contribution in [0.4, 0.5) is 0 Å². The van der Waals surface area contributed by atoms with Crippen molar-refractivity contribution in [1.29, 1.82) is 0 Å². The van der Waals surface area contributed by atoms with Crippen LogP contribution < -0.4 is 10.1 Å². The molecule has 6 nitrogen and oxygen atoms in total. The maximum Gasteiger partial charge on any atom is 0.245 e. The Morgan fingerprint density at radius 1 is 1.04 bits per heavy atom. The summed E-state index contributed by atoms with van der Waals surface area (Å²) >= 11 is 0. The van der Waals surface area contributed by atoms with Gasteiger partial charge in [-0.1, -0.05) is 42.5 Å². The van der Waals surface area contributed by atoms with Crippen LogP contribution in [0.2, 0.25) is 0 Å². The second kappa shape index (κ2) is 10.5. The number of benzene rings is 2. The number of carbonyl (C=O) groups is 2. The van der Waals surface area contributed by atoms with Gasteiger partial charge < -0.3 is 19.7 Å². The molecular weight excluding hydrogens is 356 g/mol. The van der Waals surface area contributed by atoms with E-state index in [9.17, 15) is 9.59 Å². The van der Waals surface area contributed by atoms with Crippen molar-refractivity contribution >= 4 is 11.8 Å². The lowest BCUT2D eigenvalue weighted by Gasteiger charge is -2.35. The molecule has 0 heterocycles. The average molecular weight is 384 g/mol. The molecule has 0 bridgehead atoms. The van der Waals surface area contributed by atoms with Crippen molar-refractivity contribution < 1.29 is 19.1 Å². The highest BCUT2D eigenvalue weighted by molar-refractivity contribution is 5.87. The van der Waals surface area contributed by atoms with Crippen LogP contribution in [0.1, 0.15) is 31.0 Å². The molecule has 0 aliphatic carbocycles. The van der Waals surface area contributed by atoms with Crippen molar-refractivity contribution in [3.63, 3.8) is 0 Å². The zero-order valence-electron chi connectivity index (χ0n) is 16.8. The quantitative estimate of drug-likeness (QED) is 0.722. The fourth-order valence-corrected chi connectivity index (χ4v) is 3.15. The van der Waals surface area contributed by atoms with Crippen molar-refractivity contribution in [3.8, 4) is 5.75 Å². The Morgan fingerprint density at radius 3 is 2.21 bits per heavy atom. The Hall–Kier alpha value is -2.86. The van der Waals surface area contributed by atoms with Crippen LogP contribution in [0.25, 0.3) is 0 Å². The molecular formula is C22H28N2O4. The molecule has 28 heavy (non-hydrogen) atoms. The van der Waals surface area contributed by atoms with Gasteiger partial charge in [0.2, 0.25) is 11.8 Å². The van der Waals surface area contributed by atoms with Crippen LogP contribution in [-0.4, -0.2) is 43.6 Å². The summed E-state index contributed by atoms with van der Waals surface area (Å²) in [5.74, 6) is 0.292. The first-order valence-electron chi connectivity index (χ1n) is 9.21. The number of hydrogen-bond donors (Lipinski definition) is 1. The largest absolute Gasteiger partial charge is 0.497 e. The van der Waals surface area contributed by atoms with E-state index in [1.807, 2.05) is 61.5 Å². The van der Waals surface area contributed by atoms with E-state index in [4.69, 9.17) is 9.47 Å². The highest BCUT2D eigenvalue weighted by atomic mass is 16.5. The van der Waals surface area contributed by atoms with Gasteiger partial charge in [-0.25, -0.2) is 0 Å². The van der Waals surface area contributed by atoms with Gasteiger partial charge in [-0.3, -0.25) is 9.59 Å². The van der Waals surface area contributed by atoms with Crippen molar-refractivity contribution in [2.45, 2.75) is 32.5 Å². The van der Waals surface area contributed by atoms with E-state index in [2.05, 4.69) is 5.32 Å². The summed E-state index contributed by atoms with van der Waals surface area (Å²) in [4.78, 5) is 26.9. The minimum absolute atomic E-state index is 0.112.